The first-order chi connectivity index (χ1) is 12.1. The molecule has 0 fully saturated rings. The zero-order chi connectivity index (χ0) is 20.4. The molecule has 26 heavy (non-hydrogen) atoms. The van der Waals surface area contributed by atoms with Crippen molar-refractivity contribution in [3.05, 3.63) is 0 Å². The van der Waals surface area contributed by atoms with Gasteiger partial charge in [-0.1, -0.05) is 20.3 Å². The largest absolute Gasteiger partial charge is 0.396 e. The first-order valence-corrected chi connectivity index (χ1v) is 9.32. The molecule has 0 radical (unpaired) electrons. The Kier molecular flexibility index (Phi) is 10.6. The number of aliphatic hydroxyl groups is 2. The zero-order valence-corrected chi connectivity index (χ0v) is 16.8. The Labute approximate surface area is 156 Å². The number of nitrogens with zero attached hydrogens (tertiary/aromatic N) is 2. The minimum Gasteiger partial charge on any atom is -0.396 e. The van der Waals surface area contributed by atoms with Crippen LogP contribution in [0.15, 0.2) is 10.2 Å². The van der Waals surface area contributed by atoms with Crippen LogP contribution in [-0.4, -0.2) is 52.4 Å². The molecule has 0 spiro atoms. The van der Waals surface area contributed by atoms with E-state index in [4.69, 9.17) is 15.9 Å². The molecule has 8 nitrogen and oxygen atoms in total. The molecule has 0 aromatic rings. The van der Waals surface area contributed by atoms with Gasteiger partial charge in [-0.25, -0.2) is 0 Å². The van der Waals surface area contributed by atoms with Gasteiger partial charge < -0.3 is 21.3 Å². The number of carbonyl (C=O) groups excluding carboxylic acids is 2. The maximum Gasteiger partial charge on any atom is 0.249 e. The summed E-state index contributed by atoms with van der Waals surface area (Å²) >= 11 is 0. The molecule has 2 amide bonds. The third kappa shape index (κ3) is 7.78. The number of carbonyl (C=O) groups is 2. The lowest BCUT2D eigenvalue weighted by Crippen LogP contribution is -2.47. The van der Waals surface area contributed by atoms with E-state index in [1.807, 2.05) is 13.8 Å². The number of hydrogen-bond acceptors (Lipinski definition) is 6. The van der Waals surface area contributed by atoms with Gasteiger partial charge in [-0.3, -0.25) is 9.59 Å². The van der Waals surface area contributed by atoms with E-state index in [0.29, 0.717) is 25.7 Å². The quantitative estimate of drug-likeness (QED) is 0.364. The number of nitrogens with one attached hydrogen (secondary N) is 1. The van der Waals surface area contributed by atoms with Crippen LogP contribution in [0.4, 0.5) is 0 Å². The second kappa shape index (κ2) is 11.2. The fourth-order valence-electron chi connectivity index (χ4n) is 2.56. The fraction of sp³-hybridized carbons (Fsp3) is 0.889. The summed E-state index contributed by atoms with van der Waals surface area (Å²) in [6.45, 7) is 8.75. The highest BCUT2D eigenvalue weighted by atomic mass is 16.3. The van der Waals surface area contributed by atoms with Crippen molar-refractivity contribution in [3.63, 3.8) is 0 Å². The first kappa shape index (κ1) is 24.5. The van der Waals surface area contributed by atoms with Gasteiger partial charge in [-0.2, -0.15) is 10.2 Å². The van der Waals surface area contributed by atoms with Crippen molar-refractivity contribution in [3.8, 4) is 0 Å². The summed E-state index contributed by atoms with van der Waals surface area (Å²) in [4.78, 5) is 24.4. The average molecular weight is 373 g/mol. The van der Waals surface area contributed by atoms with Crippen molar-refractivity contribution in [2.45, 2.75) is 83.8 Å². The SMILES string of the molecule is CCC(CCO)CC(C)(N=NC(C)(C)C(=O)NC(CC)CCO)C(N)=O. The van der Waals surface area contributed by atoms with E-state index < -0.39 is 17.0 Å². The predicted molar refractivity (Wildman–Crippen MR) is 101 cm³/mol. The monoisotopic (exact) mass is 372 g/mol. The van der Waals surface area contributed by atoms with Gasteiger partial charge in [0.2, 0.25) is 11.8 Å². The highest BCUT2D eigenvalue weighted by molar-refractivity contribution is 5.86. The summed E-state index contributed by atoms with van der Waals surface area (Å²) in [6.07, 6.45) is 2.86. The topological polar surface area (TPSA) is 137 Å². The zero-order valence-electron chi connectivity index (χ0n) is 16.8. The molecule has 5 N–H and O–H groups in total. The Balaban J connectivity index is 5.26. The first-order valence-electron chi connectivity index (χ1n) is 9.32. The van der Waals surface area contributed by atoms with Crippen LogP contribution in [0.5, 0.6) is 0 Å². The van der Waals surface area contributed by atoms with Crippen LogP contribution < -0.4 is 11.1 Å². The Morgan fingerprint density at radius 1 is 1.04 bits per heavy atom. The molecule has 0 aromatic heterocycles. The Morgan fingerprint density at radius 2 is 1.62 bits per heavy atom. The smallest absolute Gasteiger partial charge is 0.249 e. The third-order valence-corrected chi connectivity index (χ3v) is 4.71. The number of hydrogen-bond donors (Lipinski definition) is 4. The van der Waals surface area contributed by atoms with Crippen molar-refractivity contribution in [2.75, 3.05) is 13.2 Å². The molecule has 152 valence electrons. The second-order valence-corrected chi connectivity index (χ2v) is 7.48. The van der Waals surface area contributed by atoms with Gasteiger partial charge >= 0.3 is 0 Å². The normalized spacial score (nSPS) is 16.9. The van der Waals surface area contributed by atoms with E-state index in [1.54, 1.807) is 20.8 Å². The molecule has 0 aliphatic carbocycles. The van der Waals surface area contributed by atoms with Crippen molar-refractivity contribution < 1.29 is 19.8 Å². The maximum absolute atomic E-state index is 12.5. The number of primary amides is 1. The van der Waals surface area contributed by atoms with Crippen LogP contribution in [0.1, 0.15) is 66.7 Å². The number of rotatable bonds is 13. The summed E-state index contributed by atoms with van der Waals surface area (Å²) < 4.78 is 0. The molecular weight excluding hydrogens is 336 g/mol. The molecule has 0 bridgehead atoms. The number of amides is 2. The lowest BCUT2D eigenvalue weighted by Gasteiger charge is -2.27. The molecule has 3 unspecified atom stereocenters. The molecule has 0 saturated heterocycles. The second-order valence-electron chi connectivity index (χ2n) is 7.48. The van der Waals surface area contributed by atoms with Gasteiger partial charge in [0, 0.05) is 19.3 Å². The molecule has 0 aliphatic rings. The Bertz CT molecular complexity index is 482. The molecule has 8 heteroatoms. The van der Waals surface area contributed by atoms with E-state index in [9.17, 15) is 9.59 Å². The van der Waals surface area contributed by atoms with Crippen molar-refractivity contribution >= 4 is 11.8 Å². The van der Waals surface area contributed by atoms with Gasteiger partial charge in [-0.05, 0) is 52.4 Å². The van der Waals surface area contributed by atoms with Gasteiger partial charge in [0.25, 0.3) is 0 Å². The molecule has 0 rings (SSSR count). The van der Waals surface area contributed by atoms with Gasteiger partial charge in [0.15, 0.2) is 11.1 Å². The number of aliphatic hydroxyl groups excluding tert-OH is 2. The van der Waals surface area contributed by atoms with Crippen molar-refractivity contribution in [2.24, 2.45) is 21.9 Å². The minimum atomic E-state index is -1.23. The summed E-state index contributed by atoms with van der Waals surface area (Å²) in [5.74, 6) is -0.848. The van der Waals surface area contributed by atoms with Gasteiger partial charge in [0.1, 0.15) is 0 Å². The number of azo groups is 1. The lowest BCUT2D eigenvalue weighted by molar-refractivity contribution is -0.127. The fourth-order valence-corrected chi connectivity index (χ4v) is 2.56. The summed E-state index contributed by atoms with van der Waals surface area (Å²) in [5, 5.41) is 29.3. The highest BCUT2D eigenvalue weighted by Gasteiger charge is 2.36. The molecule has 0 saturated carbocycles. The van der Waals surface area contributed by atoms with Crippen LogP contribution in [-0.2, 0) is 9.59 Å². The van der Waals surface area contributed by atoms with Crippen LogP contribution in [0, 0.1) is 5.92 Å². The average Bonchev–Trinajstić information content (AvgIpc) is 2.58. The van der Waals surface area contributed by atoms with Crippen molar-refractivity contribution in [1.82, 2.24) is 5.32 Å². The van der Waals surface area contributed by atoms with E-state index >= 15 is 0 Å². The lowest BCUT2D eigenvalue weighted by atomic mass is 9.86. The van der Waals surface area contributed by atoms with Crippen LogP contribution in [0.25, 0.3) is 0 Å². The molecule has 0 heterocycles. The Morgan fingerprint density at radius 3 is 2.04 bits per heavy atom. The maximum atomic E-state index is 12.5. The Hall–Kier alpha value is -1.54. The molecular formula is C18H36N4O4. The minimum absolute atomic E-state index is 0.0102. The van der Waals surface area contributed by atoms with Crippen LogP contribution >= 0.6 is 0 Å². The van der Waals surface area contributed by atoms with Crippen LogP contribution in [0.2, 0.25) is 0 Å². The van der Waals surface area contributed by atoms with Crippen LogP contribution in [0.3, 0.4) is 0 Å². The van der Waals surface area contributed by atoms with E-state index in [1.165, 1.54) is 0 Å². The summed E-state index contributed by atoms with van der Waals surface area (Å²) in [6, 6.07) is -0.140. The van der Waals surface area contributed by atoms with E-state index in [2.05, 4.69) is 15.5 Å². The summed E-state index contributed by atoms with van der Waals surface area (Å²) in [5.41, 5.74) is 3.13. The van der Waals surface area contributed by atoms with E-state index in [0.717, 1.165) is 6.42 Å². The standard InChI is InChI=1S/C18H36N4O4/c1-6-13(8-10-23)12-18(5,15(19)25)22-21-17(3,4)16(26)20-14(7-2)9-11-24/h13-14,23-24H,6-12H2,1-5H3,(H2,19,25)(H,20,26). The summed E-state index contributed by atoms with van der Waals surface area (Å²) in [7, 11) is 0. The number of nitrogens with two attached hydrogens (primary N) is 1. The van der Waals surface area contributed by atoms with Gasteiger partial charge in [0.05, 0.1) is 0 Å². The molecule has 0 aliphatic heterocycles. The van der Waals surface area contributed by atoms with Gasteiger partial charge in [-0.15, -0.1) is 0 Å². The van der Waals surface area contributed by atoms with E-state index in [-0.39, 0.29) is 31.1 Å². The third-order valence-electron chi connectivity index (χ3n) is 4.71. The predicted octanol–water partition coefficient (Wildman–Crippen LogP) is 1.54. The molecule has 0 aromatic carbocycles. The molecule has 3 atom stereocenters. The van der Waals surface area contributed by atoms with Crippen molar-refractivity contribution in [1.29, 1.82) is 0 Å². The highest BCUT2D eigenvalue weighted by Crippen LogP contribution is 2.27.